The van der Waals surface area contributed by atoms with E-state index in [0.717, 1.165) is 10.8 Å². The fraction of sp³-hybridized carbons (Fsp3) is 0.136. The van der Waals surface area contributed by atoms with Crippen LogP contribution in [-0.4, -0.2) is 30.9 Å². The molecule has 28 heavy (non-hydrogen) atoms. The summed E-state index contributed by atoms with van der Waals surface area (Å²) in [5, 5.41) is 7.01. The summed E-state index contributed by atoms with van der Waals surface area (Å²) in [7, 11) is 0. The third-order valence-corrected chi connectivity index (χ3v) is 4.09. The zero-order chi connectivity index (χ0) is 19.9. The number of rotatable bonds is 6. The Morgan fingerprint density at radius 1 is 0.929 bits per heavy atom. The molecule has 0 aliphatic carbocycles. The first-order valence-corrected chi connectivity index (χ1v) is 8.91. The maximum atomic E-state index is 12.4. The van der Waals surface area contributed by atoms with Crippen LogP contribution in [0.5, 0.6) is 0 Å². The van der Waals surface area contributed by atoms with Crippen LogP contribution in [-0.2, 0) is 9.53 Å². The van der Waals surface area contributed by atoms with Crippen molar-refractivity contribution >= 4 is 34.2 Å². The van der Waals surface area contributed by atoms with E-state index in [1.54, 1.807) is 36.4 Å². The molecule has 0 spiro atoms. The molecule has 0 saturated carbocycles. The first-order valence-electron chi connectivity index (χ1n) is 8.91. The third kappa shape index (κ3) is 4.54. The molecule has 0 bridgehead atoms. The average molecular weight is 376 g/mol. The Morgan fingerprint density at radius 3 is 2.50 bits per heavy atom. The summed E-state index contributed by atoms with van der Waals surface area (Å²) in [6.07, 6.45) is 0. The number of benzene rings is 3. The molecule has 0 radical (unpaired) electrons. The largest absolute Gasteiger partial charge is 0.452 e. The summed E-state index contributed by atoms with van der Waals surface area (Å²) in [6, 6.07) is 19.4. The van der Waals surface area contributed by atoms with Crippen LogP contribution in [0.2, 0.25) is 0 Å². The van der Waals surface area contributed by atoms with Gasteiger partial charge in [0.2, 0.25) is 0 Å². The van der Waals surface area contributed by atoms with Gasteiger partial charge in [-0.25, -0.2) is 4.79 Å². The van der Waals surface area contributed by atoms with Gasteiger partial charge in [-0.3, -0.25) is 9.59 Å². The van der Waals surface area contributed by atoms with Gasteiger partial charge in [0.25, 0.3) is 11.8 Å². The Balaban J connectivity index is 1.62. The van der Waals surface area contributed by atoms with Crippen LogP contribution in [0.1, 0.15) is 27.6 Å². The van der Waals surface area contributed by atoms with Crippen molar-refractivity contribution in [2.24, 2.45) is 0 Å². The summed E-state index contributed by atoms with van der Waals surface area (Å²) in [6.45, 7) is 1.92. The minimum Gasteiger partial charge on any atom is -0.452 e. The van der Waals surface area contributed by atoms with Gasteiger partial charge in [0.1, 0.15) is 0 Å². The molecule has 0 aliphatic heterocycles. The molecule has 3 aromatic rings. The first-order chi connectivity index (χ1) is 13.6. The second-order valence-corrected chi connectivity index (χ2v) is 6.09. The number of anilines is 1. The summed E-state index contributed by atoms with van der Waals surface area (Å²) >= 11 is 0. The van der Waals surface area contributed by atoms with Crippen molar-refractivity contribution in [3.05, 3.63) is 77.9 Å². The zero-order valence-electron chi connectivity index (χ0n) is 15.4. The quantitative estimate of drug-likeness (QED) is 0.646. The van der Waals surface area contributed by atoms with Gasteiger partial charge in [0, 0.05) is 17.8 Å². The standard InChI is InChI=1S/C22H20N2O4/c1-2-23-21(26)16-9-5-10-17(13-16)24-20(25)14-28-22(27)19-12-6-8-15-7-3-4-11-18(15)19/h3-13H,2,14H2,1H3,(H,23,26)(H,24,25). The topological polar surface area (TPSA) is 84.5 Å². The van der Waals surface area contributed by atoms with E-state index in [0.29, 0.717) is 23.4 Å². The number of fused-ring (bicyclic) bond motifs is 1. The predicted molar refractivity (Wildman–Crippen MR) is 107 cm³/mol. The van der Waals surface area contributed by atoms with Crippen molar-refractivity contribution in [2.75, 3.05) is 18.5 Å². The lowest BCUT2D eigenvalue weighted by molar-refractivity contribution is -0.119. The normalized spacial score (nSPS) is 10.3. The molecule has 0 heterocycles. The van der Waals surface area contributed by atoms with Gasteiger partial charge in [0.05, 0.1) is 5.56 Å². The Hall–Kier alpha value is -3.67. The van der Waals surface area contributed by atoms with E-state index in [1.807, 2.05) is 37.3 Å². The summed E-state index contributed by atoms with van der Waals surface area (Å²) in [5.41, 5.74) is 1.30. The third-order valence-electron chi connectivity index (χ3n) is 4.09. The average Bonchev–Trinajstić information content (AvgIpc) is 2.72. The van der Waals surface area contributed by atoms with Crippen LogP contribution in [0.4, 0.5) is 5.69 Å². The molecule has 6 nitrogen and oxygen atoms in total. The molecule has 142 valence electrons. The Kier molecular flexibility index (Phi) is 6.01. The lowest BCUT2D eigenvalue weighted by Gasteiger charge is -2.09. The molecule has 0 saturated heterocycles. The Bertz CT molecular complexity index is 1020. The van der Waals surface area contributed by atoms with Gasteiger partial charge in [-0.05, 0) is 42.0 Å². The minimum absolute atomic E-state index is 0.221. The van der Waals surface area contributed by atoms with E-state index < -0.39 is 18.5 Å². The van der Waals surface area contributed by atoms with Gasteiger partial charge in [-0.1, -0.05) is 42.5 Å². The second-order valence-electron chi connectivity index (χ2n) is 6.09. The van der Waals surface area contributed by atoms with Crippen LogP contribution in [0.25, 0.3) is 10.8 Å². The van der Waals surface area contributed by atoms with E-state index in [9.17, 15) is 14.4 Å². The molecule has 0 unspecified atom stereocenters. The van der Waals surface area contributed by atoms with E-state index >= 15 is 0 Å². The summed E-state index contributed by atoms with van der Waals surface area (Å²) in [5.74, 6) is -1.27. The van der Waals surface area contributed by atoms with Gasteiger partial charge in [0.15, 0.2) is 6.61 Å². The van der Waals surface area contributed by atoms with E-state index in [1.165, 1.54) is 0 Å². The molecular formula is C22H20N2O4. The van der Waals surface area contributed by atoms with Crippen molar-refractivity contribution in [1.82, 2.24) is 5.32 Å². The number of hydrogen-bond donors (Lipinski definition) is 2. The van der Waals surface area contributed by atoms with Crippen LogP contribution in [0.15, 0.2) is 66.7 Å². The maximum Gasteiger partial charge on any atom is 0.339 e. The van der Waals surface area contributed by atoms with E-state index in [4.69, 9.17) is 4.74 Å². The smallest absolute Gasteiger partial charge is 0.339 e. The lowest BCUT2D eigenvalue weighted by Crippen LogP contribution is -2.23. The first kappa shape index (κ1) is 19.1. The van der Waals surface area contributed by atoms with Gasteiger partial charge in [-0.15, -0.1) is 0 Å². The fourth-order valence-corrected chi connectivity index (χ4v) is 2.81. The number of carbonyl (C=O) groups excluding carboxylic acids is 3. The molecule has 0 aromatic heterocycles. The molecule has 0 fully saturated rings. The molecular weight excluding hydrogens is 356 g/mol. The second kappa shape index (κ2) is 8.81. The van der Waals surface area contributed by atoms with Crippen LogP contribution in [0.3, 0.4) is 0 Å². The monoisotopic (exact) mass is 376 g/mol. The number of amides is 2. The molecule has 2 N–H and O–H groups in total. The van der Waals surface area contributed by atoms with E-state index in [2.05, 4.69) is 10.6 Å². The SMILES string of the molecule is CCNC(=O)c1cccc(NC(=O)COC(=O)c2cccc3ccccc23)c1. The zero-order valence-corrected chi connectivity index (χ0v) is 15.4. The minimum atomic E-state index is -0.567. The van der Waals surface area contributed by atoms with Crippen molar-refractivity contribution in [3.63, 3.8) is 0 Å². The highest BCUT2D eigenvalue weighted by Gasteiger charge is 2.13. The number of esters is 1. The van der Waals surface area contributed by atoms with Crippen LogP contribution >= 0.6 is 0 Å². The molecule has 6 heteroatoms. The maximum absolute atomic E-state index is 12.4. The Morgan fingerprint density at radius 2 is 1.68 bits per heavy atom. The van der Waals surface area contributed by atoms with Crippen molar-refractivity contribution < 1.29 is 19.1 Å². The molecule has 2 amide bonds. The molecule has 3 aromatic carbocycles. The van der Waals surface area contributed by atoms with Gasteiger partial charge in [-0.2, -0.15) is 0 Å². The highest BCUT2D eigenvalue weighted by molar-refractivity contribution is 6.05. The van der Waals surface area contributed by atoms with Crippen molar-refractivity contribution in [3.8, 4) is 0 Å². The Labute approximate surface area is 162 Å². The predicted octanol–water partition coefficient (Wildman–Crippen LogP) is 3.39. The highest BCUT2D eigenvalue weighted by atomic mass is 16.5. The van der Waals surface area contributed by atoms with Crippen LogP contribution in [0, 0.1) is 0 Å². The number of ether oxygens (including phenoxy) is 1. The molecule has 0 aliphatic rings. The van der Waals surface area contributed by atoms with Crippen molar-refractivity contribution in [1.29, 1.82) is 0 Å². The highest BCUT2D eigenvalue weighted by Crippen LogP contribution is 2.19. The summed E-state index contributed by atoms with van der Waals surface area (Å²) < 4.78 is 5.16. The molecule has 3 rings (SSSR count). The summed E-state index contributed by atoms with van der Waals surface area (Å²) in [4.78, 5) is 36.4. The number of carbonyl (C=O) groups is 3. The van der Waals surface area contributed by atoms with Gasteiger partial charge >= 0.3 is 5.97 Å². The fourth-order valence-electron chi connectivity index (χ4n) is 2.81. The van der Waals surface area contributed by atoms with Crippen LogP contribution < -0.4 is 10.6 Å². The lowest BCUT2D eigenvalue weighted by atomic mass is 10.1. The number of nitrogens with one attached hydrogen (secondary N) is 2. The van der Waals surface area contributed by atoms with E-state index in [-0.39, 0.29) is 5.91 Å². The van der Waals surface area contributed by atoms with Gasteiger partial charge < -0.3 is 15.4 Å². The van der Waals surface area contributed by atoms with Crippen molar-refractivity contribution in [2.45, 2.75) is 6.92 Å². The number of hydrogen-bond acceptors (Lipinski definition) is 4. The molecule has 0 atom stereocenters.